The molecule has 25 heavy (non-hydrogen) atoms. The Morgan fingerprint density at radius 2 is 1.56 bits per heavy atom. The molecule has 0 saturated heterocycles. The largest absolute Gasteiger partial charge is 0.493 e. The lowest BCUT2D eigenvalue weighted by Crippen LogP contribution is -2.17. The second-order valence-corrected chi connectivity index (χ2v) is 8.91. The Morgan fingerprint density at radius 3 is 2.12 bits per heavy atom. The monoisotopic (exact) mass is 339 g/mol. The van der Waals surface area contributed by atoms with E-state index in [9.17, 15) is 0 Å². The summed E-state index contributed by atoms with van der Waals surface area (Å²) in [7, 11) is 0. The molecule has 0 spiro atoms. The quantitative estimate of drug-likeness (QED) is 0.587. The molecule has 0 bridgehead atoms. The molecule has 2 heterocycles. The van der Waals surface area contributed by atoms with Gasteiger partial charge >= 0.3 is 0 Å². The third-order valence-electron chi connectivity index (χ3n) is 4.40. The molecule has 0 radical (unpaired) electrons. The van der Waals surface area contributed by atoms with Crippen molar-refractivity contribution in [2.24, 2.45) is 0 Å². The fraction of sp³-hybridized carbons (Fsp3) is 0.522. The van der Waals surface area contributed by atoms with Crippen LogP contribution in [0.25, 0.3) is 0 Å². The van der Waals surface area contributed by atoms with E-state index >= 15 is 0 Å². The molecular formula is C23H33NO. The molecule has 0 saturated carbocycles. The smallest absolute Gasteiger partial charge is 0.126 e. The molecule has 1 aromatic heterocycles. The maximum Gasteiger partial charge on any atom is 0.126 e. The van der Waals surface area contributed by atoms with E-state index in [0.29, 0.717) is 0 Å². The number of pyridine rings is 1. The first kappa shape index (κ1) is 19.5. The maximum atomic E-state index is 5.78. The van der Waals surface area contributed by atoms with Crippen LogP contribution in [0.2, 0.25) is 0 Å². The highest BCUT2D eigenvalue weighted by molar-refractivity contribution is 5.46. The molecule has 0 unspecified atom stereocenters. The Hall–Kier alpha value is -1.83. The van der Waals surface area contributed by atoms with Gasteiger partial charge in [0, 0.05) is 16.8 Å². The second-order valence-electron chi connectivity index (χ2n) is 8.91. The van der Waals surface area contributed by atoms with Crippen molar-refractivity contribution in [1.82, 2.24) is 4.98 Å². The normalized spacial score (nSPS) is 14.0. The van der Waals surface area contributed by atoms with E-state index < -0.39 is 0 Å². The Labute approximate surface area is 153 Å². The summed E-state index contributed by atoms with van der Waals surface area (Å²) in [6, 6.07) is 12.7. The predicted octanol–water partition coefficient (Wildman–Crippen LogP) is 6.00. The molecule has 1 aromatic carbocycles. The van der Waals surface area contributed by atoms with Crippen LogP contribution in [-0.2, 0) is 17.3 Å². The van der Waals surface area contributed by atoms with Crippen LogP contribution >= 0.6 is 0 Å². The molecule has 136 valence electrons. The fourth-order valence-corrected chi connectivity index (χ4v) is 2.94. The fourth-order valence-electron chi connectivity index (χ4n) is 2.94. The van der Waals surface area contributed by atoms with Crippen LogP contribution in [0, 0.1) is 6.92 Å². The van der Waals surface area contributed by atoms with Crippen molar-refractivity contribution in [2.75, 3.05) is 6.61 Å². The minimum atomic E-state index is 0.173. The van der Waals surface area contributed by atoms with Crippen molar-refractivity contribution in [3.63, 3.8) is 0 Å². The van der Waals surface area contributed by atoms with E-state index in [1.165, 1.54) is 17.5 Å². The molecular weight excluding hydrogens is 306 g/mol. The third-order valence-corrected chi connectivity index (χ3v) is 4.40. The summed E-state index contributed by atoms with van der Waals surface area (Å²) in [5, 5.41) is 0. The van der Waals surface area contributed by atoms with Crippen LogP contribution < -0.4 is 4.74 Å². The molecule has 3 rings (SSSR count). The van der Waals surface area contributed by atoms with Gasteiger partial charge in [-0.05, 0) is 48.4 Å². The predicted molar refractivity (Wildman–Crippen MR) is 107 cm³/mol. The lowest BCUT2D eigenvalue weighted by molar-refractivity contribution is 0.280. The number of hydrogen-bond acceptors (Lipinski definition) is 2. The average Bonchev–Trinajstić information content (AvgIpc) is 2.53. The zero-order valence-electron chi connectivity index (χ0n) is 16.9. The van der Waals surface area contributed by atoms with E-state index in [1.807, 2.05) is 13.0 Å². The lowest BCUT2D eigenvalue weighted by atomic mass is 9.84. The lowest BCUT2D eigenvalue weighted by Gasteiger charge is -2.27. The summed E-state index contributed by atoms with van der Waals surface area (Å²) < 4.78 is 5.78. The Balaban J connectivity index is 0.000000186. The number of para-hydroxylation sites is 1. The molecule has 1 aliphatic rings. The minimum Gasteiger partial charge on any atom is -0.493 e. The molecule has 0 aliphatic carbocycles. The van der Waals surface area contributed by atoms with Gasteiger partial charge in [0.05, 0.1) is 6.61 Å². The summed E-state index contributed by atoms with van der Waals surface area (Å²) in [6.07, 6.45) is 2.32. The summed E-state index contributed by atoms with van der Waals surface area (Å²) in [5.74, 6) is 1.14. The highest BCUT2D eigenvalue weighted by atomic mass is 16.5. The van der Waals surface area contributed by atoms with E-state index in [0.717, 1.165) is 30.2 Å². The van der Waals surface area contributed by atoms with Crippen LogP contribution in [0.15, 0.2) is 36.4 Å². The summed E-state index contributed by atoms with van der Waals surface area (Å²) in [6.45, 7) is 16.1. The van der Waals surface area contributed by atoms with Crippen molar-refractivity contribution in [3.8, 4) is 5.75 Å². The van der Waals surface area contributed by atoms with Crippen LogP contribution in [0.5, 0.6) is 5.75 Å². The summed E-state index contributed by atoms with van der Waals surface area (Å²) >= 11 is 0. The number of nitrogens with zero attached hydrogens (tertiary/aromatic N) is 1. The van der Waals surface area contributed by atoms with Gasteiger partial charge in [-0.1, -0.05) is 65.8 Å². The van der Waals surface area contributed by atoms with Crippen LogP contribution in [0.4, 0.5) is 0 Å². The summed E-state index contributed by atoms with van der Waals surface area (Å²) in [4.78, 5) is 4.44. The van der Waals surface area contributed by atoms with Crippen LogP contribution in [0.1, 0.15) is 70.5 Å². The number of aryl methyl sites for hydroxylation is 2. The van der Waals surface area contributed by atoms with Gasteiger partial charge in [-0.15, -0.1) is 0 Å². The van der Waals surface area contributed by atoms with Crippen molar-refractivity contribution >= 4 is 0 Å². The Morgan fingerprint density at radius 1 is 0.880 bits per heavy atom. The maximum absolute atomic E-state index is 5.78. The first-order chi connectivity index (χ1) is 11.6. The molecule has 0 fully saturated rings. The van der Waals surface area contributed by atoms with E-state index in [1.54, 1.807) is 0 Å². The van der Waals surface area contributed by atoms with Crippen LogP contribution in [0.3, 0.4) is 0 Å². The third kappa shape index (κ3) is 5.32. The molecule has 2 nitrogen and oxygen atoms in total. The Kier molecular flexibility index (Phi) is 5.92. The van der Waals surface area contributed by atoms with Gasteiger partial charge in [-0.2, -0.15) is 0 Å². The zero-order chi connectivity index (χ0) is 18.7. The zero-order valence-corrected chi connectivity index (χ0v) is 16.9. The highest BCUT2D eigenvalue weighted by Gasteiger charge is 2.22. The first-order valence-corrected chi connectivity index (χ1v) is 9.28. The van der Waals surface area contributed by atoms with Crippen molar-refractivity contribution in [2.45, 2.75) is 72.1 Å². The Bertz CT molecular complexity index is 705. The SMILES string of the molecule is CC(C)(C)c1cccc2c1OCCC2.Cc1cccc(C(C)(C)C)n1. The number of rotatable bonds is 0. The first-order valence-electron chi connectivity index (χ1n) is 9.28. The van der Waals surface area contributed by atoms with Gasteiger partial charge in [-0.3, -0.25) is 4.98 Å². The highest BCUT2D eigenvalue weighted by Crippen LogP contribution is 2.36. The van der Waals surface area contributed by atoms with Crippen molar-refractivity contribution in [3.05, 3.63) is 58.9 Å². The van der Waals surface area contributed by atoms with E-state index in [4.69, 9.17) is 4.74 Å². The molecule has 1 aliphatic heterocycles. The number of fused-ring (bicyclic) bond motifs is 1. The van der Waals surface area contributed by atoms with Crippen LogP contribution in [-0.4, -0.2) is 11.6 Å². The van der Waals surface area contributed by atoms with Gasteiger partial charge in [0.1, 0.15) is 5.75 Å². The van der Waals surface area contributed by atoms with Gasteiger partial charge in [0.15, 0.2) is 0 Å². The number of hydrogen-bond donors (Lipinski definition) is 0. The van der Waals surface area contributed by atoms with Gasteiger partial charge in [0.2, 0.25) is 0 Å². The molecule has 2 heteroatoms. The number of aromatic nitrogens is 1. The number of benzene rings is 1. The van der Waals surface area contributed by atoms with Gasteiger partial charge in [0.25, 0.3) is 0 Å². The average molecular weight is 340 g/mol. The van der Waals surface area contributed by atoms with Crippen molar-refractivity contribution in [1.29, 1.82) is 0 Å². The van der Waals surface area contributed by atoms with Gasteiger partial charge in [-0.25, -0.2) is 0 Å². The second kappa shape index (κ2) is 7.59. The molecule has 0 amide bonds. The molecule has 0 atom stereocenters. The van der Waals surface area contributed by atoms with Gasteiger partial charge < -0.3 is 4.74 Å². The minimum absolute atomic E-state index is 0.173. The standard InChI is InChI=1S/C13H18O.C10H15N/c1-13(2,3)11-8-4-6-10-7-5-9-14-12(10)11;1-8-6-5-7-9(11-8)10(2,3)4/h4,6,8H,5,7,9H2,1-3H3;5-7H,1-4H3. The summed E-state index contributed by atoms with van der Waals surface area (Å²) in [5.41, 5.74) is 5.34. The van der Waals surface area contributed by atoms with Crippen molar-refractivity contribution < 1.29 is 4.74 Å². The molecule has 2 aromatic rings. The number of ether oxygens (including phenoxy) is 1. The van der Waals surface area contributed by atoms with E-state index in [-0.39, 0.29) is 10.8 Å². The molecule has 0 N–H and O–H groups in total. The van der Waals surface area contributed by atoms with E-state index in [2.05, 4.69) is 76.9 Å². The topological polar surface area (TPSA) is 22.1 Å².